The number of carbonyl (C=O) groups excluding carboxylic acids is 2. The maximum Gasteiger partial charge on any atom is 0.236 e. The lowest BCUT2D eigenvalue weighted by molar-refractivity contribution is -0.144. The van der Waals surface area contributed by atoms with Gasteiger partial charge in [-0.1, -0.05) is 12.2 Å². The smallest absolute Gasteiger partial charge is 0.236 e. The molecule has 3 aliphatic rings. The highest BCUT2D eigenvalue weighted by atomic mass is 16.5. The second kappa shape index (κ2) is 2.55. The highest BCUT2D eigenvalue weighted by Gasteiger charge is 2.70. The van der Waals surface area contributed by atoms with Crippen molar-refractivity contribution in [3.8, 4) is 0 Å². The van der Waals surface area contributed by atoms with Crippen LogP contribution in [0.15, 0.2) is 12.2 Å². The zero-order valence-electron chi connectivity index (χ0n) is 9.27. The summed E-state index contributed by atoms with van der Waals surface area (Å²) in [5, 5.41) is 0. The van der Waals surface area contributed by atoms with Crippen LogP contribution in [0.2, 0.25) is 0 Å². The molecule has 3 heterocycles. The maximum atomic E-state index is 12.0. The van der Waals surface area contributed by atoms with E-state index in [2.05, 4.69) is 0 Å². The molecule has 0 aromatic carbocycles. The third-order valence-electron chi connectivity index (χ3n) is 4.10. The van der Waals surface area contributed by atoms with Gasteiger partial charge in [0.25, 0.3) is 0 Å². The van der Waals surface area contributed by atoms with E-state index in [0.717, 1.165) is 0 Å². The van der Waals surface area contributed by atoms with E-state index >= 15 is 0 Å². The number of nitrogens with two attached hydrogens (primary N) is 1. The summed E-state index contributed by atoms with van der Waals surface area (Å²) in [6.45, 7) is 2.07. The molecule has 5 heteroatoms. The number of likely N-dealkylation sites (tertiary alicyclic amines) is 1. The number of hydrogen-bond acceptors (Lipinski definition) is 4. The molecule has 2 bridgehead atoms. The van der Waals surface area contributed by atoms with Gasteiger partial charge in [-0.2, -0.15) is 0 Å². The van der Waals surface area contributed by atoms with Gasteiger partial charge in [-0.3, -0.25) is 14.5 Å². The summed E-state index contributed by atoms with van der Waals surface area (Å²) < 4.78 is 5.85. The number of amides is 2. The van der Waals surface area contributed by atoms with Crippen molar-refractivity contribution in [3.05, 3.63) is 12.2 Å². The Balaban J connectivity index is 2.16. The van der Waals surface area contributed by atoms with Gasteiger partial charge in [0.05, 0.1) is 17.4 Å². The minimum atomic E-state index is -0.767. The topological polar surface area (TPSA) is 72.6 Å². The van der Waals surface area contributed by atoms with Gasteiger partial charge in [-0.15, -0.1) is 0 Å². The number of fused-ring (bicyclic) bond motifs is 5. The largest absolute Gasteiger partial charge is 0.358 e. The van der Waals surface area contributed by atoms with Crippen molar-refractivity contribution in [1.82, 2.24) is 4.90 Å². The Morgan fingerprint density at radius 3 is 2.62 bits per heavy atom. The molecule has 4 unspecified atom stereocenters. The van der Waals surface area contributed by atoms with Gasteiger partial charge in [0, 0.05) is 13.6 Å². The van der Waals surface area contributed by atoms with E-state index in [4.69, 9.17) is 10.5 Å². The average Bonchev–Trinajstić information content (AvgIpc) is 2.81. The van der Waals surface area contributed by atoms with Gasteiger partial charge in [-0.25, -0.2) is 0 Å². The highest BCUT2D eigenvalue weighted by molar-refractivity contribution is 6.07. The molecule has 0 spiro atoms. The first-order valence-electron chi connectivity index (χ1n) is 5.37. The van der Waals surface area contributed by atoms with Gasteiger partial charge >= 0.3 is 0 Å². The van der Waals surface area contributed by atoms with Gasteiger partial charge in [0.1, 0.15) is 5.60 Å². The lowest BCUT2D eigenvalue weighted by Crippen LogP contribution is -2.45. The lowest BCUT2D eigenvalue weighted by atomic mass is 9.72. The van der Waals surface area contributed by atoms with Gasteiger partial charge in [0.15, 0.2) is 0 Å². The van der Waals surface area contributed by atoms with Crippen LogP contribution < -0.4 is 5.73 Å². The first kappa shape index (κ1) is 9.99. The fourth-order valence-corrected chi connectivity index (χ4v) is 3.23. The summed E-state index contributed by atoms with van der Waals surface area (Å²) in [5.74, 6) is -1.17. The van der Waals surface area contributed by atoms with Crippen molar-refractivity contribution >= 4 is 11.8 Å². The molecule has 4 atom stereocenters. The van der Waals surface area contributed by atoms with Gasteiger partial charge < -0.3 is 10.5 Å². The molecule has 3 rings (SSSR count). The molecule has 2 fully saturated rings. The molecular formula is C11H14N2O3. The van der Waals surface area contributed by atoms with Crippen LogP contribution >= 0.6 is 0 Å². The zero-order valence-corrected chi connectivity index (χ0v) is 9.27. The fraction of sp³-hybridized carbons (Fsp3) is 0.636. The first-order chi connectivity index (χ1) is 7.45. The summed E-state index contributed by atoms with van der Waals surface area (Å²) in [5.41, 5.74) is 4.28. The zero-order chi connectivity index (χ0) is 11.7. The highest BCUT2D eigenvalue weighted by Crippen LogP contribution is 2.56. The van der Waals surface area contributed by atoms with Gasteiger partial charge in [0.2, 0.25) is 11.8 Å². The first-order valence-corrected chi connectivity index (χ1v) is 5.37. The molecule has 86 valence electrons. The lowest BCUT2D eigenvalue weighted by Gasteiger charge is -2.26. The summed E-state index contributed by atoms with van der Waals surface area (Å²) in [6, 6.07) is 0. The van der Waals surface area contributed by atoms with Crippen molar-refractivity contribution < 1.29 is 14.3 Å². The van der Waals surface area contributed by atoms with Crippen LogP contribution in [0.3, 0.4) is 0 Å². The van der Waals surface area contributed by atoms with Crippen LogP contribution in [0.25, 0.3) is 0 Å². The predicted molar refractivity (Wildman–Crippen MR) is 55.2 cm³/mol. The monoisotopic (exact) mass is 222 g/mol. The van der Waals surface area contributed by atoms with Crippen LogP contribution in [0.4, 0.5) is 0 Å². The number of imide groups is 1. The van der Waals surface area contributed by atoms with E-state index in [1.807, 2.05) is 19.1 Å². The number of hydrogen-bond donors (Lipinski definition) is 1. The second-order valence-electron chi connectivity index (χ2n) is 4.97. The molecule has 0 aromatic rings. The minimum Gasteiger partial charge on any atom is -0.358 e. The molecular weight excluding hydrogens is 208 g/mol. The normalized spacial score (nSPS) is 49.3. The van der Waals surface area contributed by atoms with Crippen molar-refractivity contribution in [1.29, 1.82) is 0 Å². The number of rotatable bonds is 1. The Labute approximate surface area is 93.2 Å². The van der Waals surface area contributed by atoms with E-state index in [1.165, 1.54) is 11.9 Å². The van der Waals surface area contributed by atoms with Crippen LogP contribution in [0.1, 0.15) is 6.92 Å². The number of ether oxygens (including phenoxy) is 1. The minimum absolute atomic E-state index is 0.155. The van der Waals surface area contributed by atoms with Crippen molar-refractivity contribution in [3.63, 3.8) is 0 Å². The van der Waals surface area contributed by atoms with E-state index in [-0.39, 0.29) is 18.4 Å². The van der Waals surface area contributed by atoms with E-state index in [1.54, 1.807) is 0 Å². The third-order valence-corrected chi connectivity index (χ3v) is 4.10. The Kier molecular flexibility index (Phi) is 1.59. The van der Waals surface area contributed by atoms with Crippen molar-refractivity contribution in [2.75, 3.05) is 13.6 Å². The van der Waals surface area contributed by atoms with E-state index < -0.39 is 23.0 Å². The Morgan fingerprint density at radius 1 is 1.38 bits per heavy atom. The Hall–Kier alpha value is -1.20. The second-order valence-corrected chi connectivity index (χ2v) is 4.97. The summed E-state index contributed by atoms with van der Waals surface area (Å²) >= 11 is 0. The maximum absolute atomic E-state index is 12.0. The molecule has 16 heavy (non-hydrogen) atoms. The van der Waals surface area contributed by atoms with Crippen LogP contribution in [-0.4, -0.2) is 41.5 Å². The molecule has 5 nitrogen and oxygen atoms in total. The molecule has 0 aliphatic carbocycles. The van der Waals surface area contributed by atoms with Crippen molar-refractivity contribution in [2.24, 2.45) is 17.6 Å². The molecule has 0 saturated carbocycles. The predicted octanol–water partition coefficient (Wildman–Crippen LogP) is -0.726. The fourth-order valence-electron chi connectivity index (χ4n) is 3.23. The molecule has 0 aromatic heterocycles. The Morgan fingerprint density at radius 2 is 2.00 bits per heavy atom. The quantitative estimate of drug-likeness (QED) is 0.469. The molecule has 2 amide bonds. The summed E-state index contributed by atoms with van der Waals surface area (Å²) in [4.78, 5) is 25.2. The van der Waals surface area contributed by atoms with Crippen molar-refractivity contribution in [2.45, 2.75) is 18.1 Å². The average molecular weight is 222 g/mol. The summed E-state index contributed by atoms with van der Waals surface area (Å²) in [7, 11) is 1.52. The standard InChI is InChI=1S/C11H14N2O3/c1-10-3-4-11(5-12,16-10)7-6(10)8(14)13(2)9(7)15/h3-4,6-7H,5,12H2,1-2H3. The van der Waals surface area contributed by atoms with Crippen LogP contribution in [0, 0.1) is 11.8 Å². The van der Waals surface area contributed by atoms with E-state index in [9.17, 15) is 9.59 Å². The summed E-state index contributed by atoms with van der Waals surface area (Å²) in [6.07, 6.45) is 3.71. The SMILES string of the molecule is CN1C(=O)C2C(C1=O)C1(CN)C=CC2(C)O1. The third kappa shape index (κ3) is 0.814. The molecule has 3 aliphatic heterocycles. The number of carbonyl (C=O) groups is 2. The Bertz CT molecular complexity index is 433. The van der Waals surface area contributed by atoms with Crippen LogP contribution in [-0.2, 0) is 14.3 Å². The molecule has 0 radical (unpaired) electrons. The van der Waals surface area contributed by atoms with E-state index in [0.29, 0.717) is 0 Å². The molecule has 2 saturated heterocycles. The van der Waals surface area contributed by atoms with Crippen LogP contribution in [0.5, 0.6) is 0 Å². The number of nitrogens with zero attached hydrogens (tertiary/aromatic N) is 1. The van der Waals surface area contributed by atoms with Gasteiger partial charge in [-0.05, 0) is 6.92 Å². The molecule has 2 N–H and O–H groups in total.